The average molecular weight is 292 g/mol. The third-order valence-corrected chi connectivity index (χ3v) is 5.75. The number of nitrogens with two attached hydrogens (primary N) is 1. The zero-order valence-electron chi connectivity index (χ0n) is 9.71. The standard InChI is InChI=1S/C10H16N2O2S3/c1-3-8(9-5-4-6-16-9)12-17(13,14)7(2)10(11)15/h4-8,12H,3H2,1-2H3,(H2,11,15). The molecule has 0 aliphatic carbocycles. The minimum Gasteiger partial charge on any atom is -0.392 e. The van der Waals surface area contributed by atoms with Gasteiger partial charge in [-0.2, -0.15) is 0 Å². The lowest BCUT2D eigenvalue weighted by molar-refractivity contribution is 0.550. The molecule has 0 aliphatic heterocycles. The predicted octanol–water partition coefficient (Wildman–Crippen LogP) is 1.79. The van der Waals surface area contributed by atoms with Crippen molar-refractivity contribution in [2.75, 3.05) is 0 Å². The van der Waals surface area contributed by atoms with Crippen molar-refractivity contribution < 1.29 is 8.42 Å². The van der Waals surface area contributed by atoms with E-state index in [0.29, 0.717) is 6.42 Å². The van der Waals surface area contributed by atoms with E-state index in [0.717, 1.165) is 4.88 Å². The molecule has 0 bridgehead atoms. The van der Waals surface area contributed by atoms with Gasteiger partial charge in [0.2, 0.25) is 10.0 Å². The third kappa shape index (κ3) is 3.74. The molecule has 2 atom stereocenters. The van der Waals surface area contributed by atoms with E-state index >= 15 is 0 Å². The number of hydrogen-bond acceptors (Lipinski definition) is 4. The Morgan fingerprint density at radius 3 is 2.71 bits per heavy atom. The van der Waals surface area contributed by atoms with Gasteiger partial charge in [0.15, 0.2) is 0 Å². The maximum atomic E-state index is 12.0. The second-order valence-corrected chi connectivity index (χ2v) is 7.17. The van der Waals surface area contributed by atoms with Crippen LogP contribution in [0.25, 0.3) is 0 Å². The summed E-state index contributed by atoms with van der Waals surface area (Å²) in [5.41, 5.74) is 5.37. The number of thiocarbonyl (C=S) groups is 1. The number of sulfonamides is 1. The van der Waals surface area contributed by atoms with Gasteiger partial charge in [-0.25, -0.2) is 13.1 Å². The van der Waals surface area contributed by atoms with Crippen LogP contribution in [0.3, 0.4) is 0 Å². The molecule has 7 heteroatoms. The first kappa shape index (κ1) is 14.6. The summed E-state index contributed by atoms with van der Waals surface area (Å²) in [4.78, 5) is 0.977. The lowest BCUT2D eigenvalue weighted by Gasteiger charge is -2.18. The minimum atomic E-state index is -3.51. The summed E-state index contributed by atoms with van der Waals surface area (Å²) < 4.78 is 26.6. The molecular formula is C10H16N2O2S3. The summed E-state index contributed by atoms with van der Waals surface area (Å²) in [5, 5.41) is 1.06. The van der Waals surface area contributed by atoms with Gasteiger partial charge < -0.3 is 5.73 Å². The fourth-order valence-corrected chi connectivity index (χ4v) is 3.80. The second kappa shape index (κ2) is 5.90. The molecule has 17 heavy (non-hydrogen) atoms. The molecule has 1 aromatic heterocycles. The van der Waals surface area contributed by atoms with Crippen LogP contribution in [-0.2, 0) is 10.0 Å². The Bertz CT molecular complexity index is 468. The number of hydrogen-bond donors (Lipinski definition) is 2. The highest BCUT2D eigenvalue weighted by molar-refractivity contribution is 7.93. The van der Waals surface area contributed by atoms with E-state index in [2.05, 4.69) is 4.72 Å². The van der Waals surface area contributed by atoms with Crippen LogP contribution in [0.5, 0.6) is 0 Å². The van der Waals surface area contributed by atoms with Gasteiger partial charge in [0, 0.05) is 4.88 Å². The van der Waals surface area contributed by atoms with Gasteiger partial charge in [-0.05, 0) is 24.8 Å². The Kier molecular flexibility index (Phi) is 5.05. The van der Waals surface area contributed by atoms with Gasteiger partial charge in [0.05, 0.1) is 11.0 Å². The van der Waals surface area contributed by atoms with Crippen molar-refractivity contribution in [1.82, 2.24) is 4.72 Å². The van der Waals surface area contributed by atoms with Crippen LogP contribution < -0.4 is 10.5 Å². The second-order valence-electron chi connectivity index (χ2n) is 3.68. The van der Waals surface area contributed by atoms with E-state index < -0.39 is 15.3 Å². The quantitative estimate of drug-likeness (QED) is 0.784. The van der Waals surface area contributed by atoms with E-state index in [4.69, 9.17) is 18.0 Å². The normalized spacial score (nSPS) is 15.4. The molecule has 96 valence electrons. The molecule has 0 amide bonds. The monoisotopic (exact) mass is 292 g/mol. The summed E-state index contributed by atoms with van der Waals surface area (Å²) >= 11 is 6.24. The van der Waals surface area contributed by atoms with Crippen LogP contribution >= 0.6 is 23.6 Å². The van der Waals surface area contributed by atoms with E-state index in [1.807, 2.05) is 24.4 Å². The Morgan fingerprint density at radius 1 is 1.65 bits per heavy atom. The predicted molar refractivity (Wildman–Crippen MR) is 75.7 cm³/mol. The van der Waals surface area contributed by atoms with Gasteiger partial charge in [-0.1, -0.05) is 25.2 Å². The summed E-state index contributed by atoms with van der Waals surface area (Å²) in [7, 11) is -3.51. The molecule has 1 rings (SSSR count). The van der Waals surface area contributed by atoms with Crippen LogP contribution in [0, 0.1) is 0 Å². The SMILES string of the molecule is CCC(NS(=O)(=O)C(C)C(N)=S)c1cccs1. The number of nitrogens with one attached hydrogen (secondary N) is 1. The van der Waals surface area contributed by atoms with Gasteiger partial charge in [-0.3, -0.25) is 0 Å². The van der Waals surface area contributed by atoms with Crippen LogP contribution in [0.2, 0.25) is 0 Å². The average Bonchev–Trinajstić information content (AvgIpc) is 2.78. The van der Waals surface area contributed by atoms with Gasteiger partial charge in [0.25, 0.3) is 0 Å². The van der Waals surface area contributed by atoms with Crippen molar-refractivity contribution >= 4 is 38.6 Å². The molecule has 0 aliphatic rings. The van der Waals surface area contributed by atoms with Crippen LogP contribution in [0.1, 0.15) is 31.2 Å². The summed E-state index contributed by atoms with van der Waals surface area (Å²) in [5.74, 6) is 0. The first-order valence-corrected chi connectivity index (χ1v) is 8.05. The topological polar surface area (TPSA) is 72.2 Å². The number of thiophene rings is 1. The first-order valence-electron chi connectivity index (χ1n) is 5.22. The fourth-order valence-electron chi connectivity index (χ4n) is 1.29. The number of rotatable bonds is 6. The highest BCUT2D eigenvalue weighted by atomic mass is 32.2. The molecule has 0 saturated heterocycles. The first-order chi connectivity index (χ1) is 7.88. The van der Waals surface area contributed by atoms with Gasteiger partial charge in [0.1, 0.15) is 5.25 Å². The van der Waals surface area contributed by atoms with E-state index in [1.54, 1.807) is 0 Å². The third-order valence-electron chi connectivity index (χ3n) is 2.47. The largest absolute Gasteiger partial charge is 0.392 e. The summed E-state index contributed by atoms with van der Waals surface area (Å²) in [6.45, 7) is 3.42. The van der Waals surface area contributed by atoms with Crippen molar-refractivity contribution in [3.63, 3.8) is 0 Å². The molecule has 0 fully saturated rings. The Labute approximate surface area is 111 Å². The van der Waals surface area contributed by atoms with Crippen molar-refractivity contribution in [2.24, 2.45) is 5.73 Å². The van der Waals surface area contributed by atoms with Crippen LogP contribution in [0.4, 0.5) is 0 Å². The van der Waals surface area contributed by atoms with Crippen molar-refractivity contribution in [1.29, 1.82) is 0 Å². The van der Waals surface area contributed by atoms with Crippen molar-refractivity contribution in [3.05, 3.63) is 22.4 Å². The Balaban J connectivity index is 2.86. The lowest BCUT2D eigenvalue weighted by atomic mass is 10.2. The molecule has 2 unspecified atom stereocenters. The van der Waals surface area contributed by atoms with Crippen LogP contribution in [0.15, 0.2) is 17.5 Å². The van der Waals surface area contributed by atoms with E-state index in [-0.39, 0.29) is 11.0 Å². The molecule has 1 heterocycles. The van der Waals surface area contributed by atoms with Crippen molar-refractivity contribution in [3.8, 4) is 0 Å². The van der Waals surface area contributed by atoms with Crippen LogP contribution in [-0.4, -0.2) is 18.7 Å². The molecule has 0 saturated carbocycles. The zero-order chi connectivity index (χ0) is 13.1. The van der Waals surface area contributed by atoms with Crippen molar-refractivity contribution in [2.45, 2.75) is 31.6 Å². The molecule has 0 aromatic carbocycles. The maximum absolute atomic E-state index is 12.0. The molecular weight excluding hydrogens is 276 g/mol. The Hall–Kier alpha value is -0.500. The molecule has 0 spiro atoms. The fraction of sp³-hybridized carbons (Fsp3) is 0.500. The highest BCUT2D eigenvalue weighted by Gasteiger charge is 2.26. The zero-order valence-corrected chi connectivity index (χ0v) is 12.2. The maximum Gasteiger partial charge on any atom is 0.221 e. The molecule has 1 aromatic rings. The minimum absolute atomic E-state index is 0.0152. The van der Waals surface area contributed by atoms with Gasteiger partial charge in [-0.15, -0.1) is 11.3 Å². The molecule has 3 N–H and O–H groups in total. The summed E-state index contributed by atoms with van der Waals surface area (Å²) in [6, 6.07) is 3.59. The van der Waals surface area contributed by atoms with E-state index in [1.165, 1.54) is 18.3 Å². The smallest absolute Gasteiger partial charge is 0.221 e. The van der Waals surface area contributed by atoms with E-state index in [9.17, 15) is 8.42 Å². The Morgan fingerprint density at radius 2 is 2.29 bits per heavy atom. The lowest BCUT2D eigenvalue weighted by Crippen LogP contribution is -2.41. The molecule has 0 radical (unpaired) electrons. The molecule has 4 nitrogen and oxygen atoms in total. The summed E-state index contributed by atoms with van der Waals surface area (Å²) in [6.07, 6.45) is 0.684. The van der Waals surface area contributed by atoms with Gasteiger partial charge >= 0.3 is 0 Å². The highest BCUT2D eigenvalue weighted by Crippen LogP contribution is 2.23.